The molecule has 0 aliphatic heterocycles. The van der Waals surface area contributed by atoms with E-state index in [2.05, 4.69) is 35.9 Å². The fourth-order valence-corrected chi connectivity index (χ4v) is 4.64. The maximum absolute atomic E-state index is 13.7. The molecule has 1 atom stereocenters. The maximum atomic E-state index is 13.7. The average molecular weight is 620 g/mol. The lowest BCUT2D eigenvalue weighted by Gasteiger charge is -2.14. The molecule has 2 aromatic heterocycles. The summed E-state index contributed by atoms with van der Waals surface area (Å²) in [6.07, 6.45) is -1.75. The van der Waals surface area contributed by atoms with Gasteiger partial charge >= 0.3 is 12.1 Å². The van der Waals surface area contributed by atoms with Crippen LogP contribution in [-0.2, 0) is 22.3 Å². The minimum absolute atomic E-state index is 0.156. The van der Waals surface area contributed by atoms with Crippen molar-refractivity contribution in [3.63, 3.8) is 0 Å². The van der Waals surface area contributed by atoms with Gasteiger partial charge in [-0.25, -0.2) is 9.78 Å². The Hall–Kier alpha value is -5.66. The number of rotatable bonds is 9. The Morgan fingerprint density at radius 2 is 1.82 bits per heavy atom. The van der Waals surface area contributed by atoms with Gasteiger partial charge in [0.1, 0.15) is 11.7 Å². The molecule has 0 saturated heterocycles. The number of nitrogens with one attached hydrogen (secondary N) is 4. The highest BCUT2D eigenvalue weighted by molar-refractivity contribution is 6.06. The molecule has 0 bridgehead atoms. The first-order valence-electron chi connectivity index (χ1n) is 13.7. The van der Waals surface area contributed by atoms with Gasteiger partial charge in [-0.15, -0.1) is 0 Å². The van der Waals surface area contributed by atoms with Crippen molar-refractivity contribution in [2.75, 3.05) is 17.7 Å². The molecule has 0 saturated carbocycles. The van der Waals surface area contributed by atoms with E-state index in [-0.39, 0.29) is 16.9 Å². The number of hydrogen-bond donors (Lipinski definition) is 4. The number of aromatic amines is 1. The number of H-pyrrole nitrogens is 1. The average Bonchev–Trinajstić information content (AvgIpc) is 3.65. The Kier molecular flexibility index (Phi) is 8.57. The van der Waals surface area contributed by atoms with Crippen molar-refractivity contribution < 1.29 is 32.3 Å². The van der Waals surface area contributed by atoms with Crippen molar-refractivity contribution in [1.29, 1.82) is 0 Å². The Bertz CT molecular complexity index is 1900. The van der Waals surface area contributed by atoms with Crippen LogP contribution < -0.4 is 16.0 Å². The molecule has 45 heavy (non-hydrogen) atoms. The largest absolute Gasteiger partial charge is 0.467 e. The van der Waals surface area contributed by atoms with Crippen molar-refractivity contribution >= 4 is 40.1 Å². The second-order valence-corrected chi connectivity index (χ2v) is 10.2. The minimum Gasteiger partial charge on any atom is -0.467 e. The lowest BCUT2D eigenvalue weighted by molar-refractivity contribution is -0.142. The maximum Gasteiger partial charge on any atom is 0.416 e. The Balaban J connectivity index is 1.27. The van der Waals surface area contributed by atoms with Gasteiger partial charge in [0, 0.05) is 46.4 Å². The monoisotopic (exact) mass is 619 g/mol. The Morgan fingerprint density at radius 1 is 1.02 bits per heavy atom. The fraction of sp³-hybridized carbons (Fsp3) is 0.194. The van der Waals surface area contributed by atoms with Gasteiger partial charge in [0.2, 0.25) is 0 Å². The van der Waals surface area contributed by atoms with E-state index in [1.165, 1.54) is 37.2 Å². The first-order valence-corrected chi connectivity index (χ1v) is 13.7. The predicted molar refractivity (Wildman–Crippen MR) is 160 cm³/mol. The van der Waals surface area contributed by atoms with Crippen molar-refractivity contribution in [3.05, 3.63) is 101 Å². The minimum atomic E-state index is -4.65. The third kappa shape index (κ3) is 6.95. The normalized spacial score (nSPS) is 12.0. The van der Waals surface area contributed by atoms with E-state index in [1.54, 1.807) is 43.3 Å². The molecule has 0 radical (unpaired) electrons. The molecular formula is C31H28F3N7O4. The molecule has 5 aromatic rings. The van der Waals surface area contributed by atoms with E-state index >= 15 is 0 Å². The summed E-state index contributed by atoms with van der Waals surface area (Å²) in [5.74, 6) is -1.78. The molecule has 0 aliphatic carbocycles. The molecule has 0 spiro atoms. The van der Waals surface area contributed by atoms with Gasteiger partial charge in [0.15, 0.2) is 0 Å². The molecule has 2 heterocycles. The third-order valence-corrected chi connectivity index (χ3v) is 6.98. The van der Waals surface area contributed by atoms with Crippen LogP contribution in [0.5, 0.6) is 0 Å². The summed E-state index contributed by atoms with van der Waals surface area (Å²) in [7, 11) is 1.23. The van der Waals surface area contributed by atoms with Crippen molar-refractivity contribution in [1.82, 2.24) is 25.1 Å². The van der Waals surface area contributed by atoms with E-state index in [9.17, 15) is 27.6 Å². The van der Waals surface area contributed by atoms with Crippen LogP contribution >= 0.6 is 0 Å². The number of carbonyl (C=O) groups is 3. The zero-order valence-corrected chi connectivity index (χ0v) is 24.3. The van der Waals surface area contributed by atoms with Gasteiger partial charge in [-0.1, -0.05) is 12.1 Å². The molecule has 0 unspecified atom stereocenters. The summed E-state index contributed by atoms with van der Waals surface area (Å²) in [5, 5.41) is 15.9. The first-order chi connectivity index (χ1) is 21.4. The van der Waals surface area contributed by atoms with Crippen LogP contribution in [-0.4, -0.2) is 50.7 Å². The smallest absolute Gasteiger partial charge is 0.416 e. The standard InChI is InChI=1S/C31H28F3N7O4/c1-17-14-35-16-41(17)24-11-20(10-21(12-24)31(32,33)34)28(42)38-23-6-4-5-19(9-23)15-36-22-7-8-25-26(13-22)39-40-27(25)29(43)37-18(2)30(44)45-3/h4-14,16,18,36H,15H2,1-3H3,(H,37,43)(H,38,42)(H,39,40)/t18-/m0/s1. The van der Waals surface area contributed by atoms with Gasteiger partial charge in [-0.3, -0.25) is 14.7 Å². The van der Waals surface area contributed by atoms with Crippen LogP contribution in [0.2, 0.25) is 0 Å². The molecule has 11 nitrogen and oxygen atoms in total. The molecule has 2 amide bonds. The number of aromatic nitrogens is 4. The van der Waals surface area contributed by atoms with Crippen LogP contribution in [0.3, 0.4) is 0 Å². The summed E-state index contributed by atoms with van der Waals surface area (Å²) in [5.41, 5.74) is 2.27. The number of benzene rings is 3. The third-order valence-electron chi connectivity index (χ3n) is 6.98. The number of amides is 2. The number of hydrogen-bond acceptors (Lipinski definition) is 7. The summed E-state index contributed by atoms with van der Waals surface area (Å²) in [6.45, 7) is 3.55. The number of esters is 1. The summed E-state index contributed by atoms with van der Waals surface area (Å²) >= 11 is 0. The molecular weight excluding hydrogens is 591 g/mol. The lowest BCUT2D eigenvalue weighted by atomic mass is 10.1. The predicted octanol–water partition coefficient (Wildman–Crippen LogP) is 5.23. The molecule has 0 aliphatic rings. The molecule has 232 valence electrons. The topological polar surface area (TPSA) is 143 Å². The number of aryl methyl sites for hydroxylation is 1. The van der Waals surface area contributed by atoms with E-state index in [0.29, 0.717) is 34.5 Å². The van der Waals surface area contributed by atoms with Gasteiger partial charge in [-0.2, -0.15) is 18.3 Å². The summed E-state index contributed by atoms with van der Waals surface area (Å²) in [6, 6.07) is 14.4. The lowest BCUT2D eigenvalue weighted by Crippen LogP contribution is -2.39. The summed E-state index contributed by atoms with van der Waals surface area (Å²) in [4.78, 5) is 41.3. The number of anilines is 2. The fourth-order valence-electron chi connectivity index (χ4n) is 4.64. The Morgan fingerprint density at radius 3 is 2.53 bits per heavy atom. The number of carbonyl (C=O) groups excluding carboxylic acids is 3. The number of nitrogens with zero attached hydrogens (tertiary/aromatic N) is 3. The van der Waals surface area contributed by atoms with E-state index < -0.39 is 35.6 Å². The number of ether oxygens (including phenoxy) is 1. The molecule has 4 N–H and O–H groups in total. The quantitative estimate of drug-likeness (QED) is 0.166. The molecule has 5 rings (SSSR count). The van der Waals surface area contributed by atoms with E-state index in [1.807, 2.05) is 6.07 Å². The number of halogens is 3. The van der Waals surface area contributed by atoms with Crippen molar-refractivity contribution in [3.8, 4) is 5.69 Å². The SMILES string of the molecule is COC(=O)[C@H](C)NC(=O)c1[nH]nc2cc(NCc3cccc(NC(=O)c4cc(-n5cncc5C)cc(C(F)(F)F)c4)c3)ccc12. The highest BCUT2D eigenvalue weighted by atomic mass is 19.4. The zero-order chi connectivity index (χ0) is 32.3. The van der Waals surface area contributed by atoms with Crippen LogP contribution in [0.4, 0.5) is 24.5 Å². The number of alkyl halides is 3. The number of imidazole rings is 1. The highest BCUT2D eigenvalue weighted by Gasteiger charge is 2.32. The van der Waals surface area contributed by atoms with Gasteiger partial charge in [-0.05, 0) is 67.9 Å². The van der Waals surface area contributed by atoms with Crippen LogP contribution in [0.1, 0.15) is 44.6 Å². The molecule has 3 aromatic carbocycles. The highest BCUT2D eigenvalue weighted by Crippen LogP contribution is 2.32. The van der Waals surface area contributed by atoms with E-state index in [0.717, 1.165) is 17.7 Å². The van der Waals surface area contributed by atoms with Crippen LogP contribution in [0.15, 0.2) is 73.2 Å². The summed E-state index contributed by atoms with van der Waals surface area (Å²) < 4.78 is 47.1. The van der Waals surface area contributed by atoms with Crippen molar-refractivity contribution in [2.45, 2.75) is 32.6 Å². The van der Waals surface area contributed by atoms with Gasteiger partial charge in [0.05, 0.1) is 24.5 Å². The van der Waals surface area contributed by atoms with Gasteiger partial charge < -0.3 is 25.3 Å². The molecule has 14 heteroatoms. The van der Waals surface area contributed by atoms with E-state index in [4.69, 9.17) is 0 Å². The van der Waals surface area contributed by atoms with Crippen molar-refractivity contribution in [2.24, 2.45) is 0 Å². The zero-order valence-electron chi connectivity index (χ0n) is 24.3. The Labute approximate surface area is 254 Å². The van der Waals surface area contributed by atoms with Crippen LogP contribution in [0, 0.1) is 6.92 Å². The number of fused-ring (bicyclic) bond motifs is 1. The van der Waals surface area contributed by atoms with Gasteiger partial charge in [0.25, 0.3) is 11.8 Å². The second-order valence-electron chi connectivity index (χ2n) is 10.2. The van der Waals surface area contributed by atoms with Crippen LogP contribution in [0.25, 0.3) is 16.6 Å². The number of methoxy groups -OCH3 is 1. The first kappa shape index (κ1) is 30.8. The molecule has 0 fully saturated rings. The second kappa shape index (κ2) is 12.5.